The fourth-order valence-electron chi connectivity index (χ4n) is 3.00. The Bertz CT molecular complexity index is 182. The van der Waals surface area contributed by atoms with Crippen LogP contribution in [0.15, 0.2) is 0 Å². The maximum atomic E-state index is 3.44. The summed E-state index contributed by atoms with van der Waals surface area (Å²) in [5, 5.41) is 3.44. The van der Waals surface area contributed by atoms with Gasteiger partial charge in [0.2, 0.25) is 0 Å². The third-order valence-electron chi connectivity index (χ3n) is 4.19. The third kappa shape index (κ3) is 5.87. The van der Waals surface area contributed by atoms with Crippen molar-refractivity contribution >= 4 is 0 Å². The Morgan fingerprint density at radius 1 is 1.24 bits per heavy atom. The molecule has 1 aliphatic rings. The Morgan fingerprint density at radius 2 is 2.06 bits per heavy atom. The van der Waals surface area contributed by atoms with E-state index < -0.39 is 0 Å². The van der Waals surface area contributed by atoms with Crippen LogP contribution in [0, 0.1) is 5.92 Å². The molecular weight excluding hydrogens is 208 g/mol. The van der Waals surface area contributed by atoms with Gasteiger partial charge in [-0.1, -0.05) is 26.7 Å². The molecule has 102 valence electrons. The van der Waals surface area contributed by atoms with E-state index in [1.165, 1.54) is 58.2 Å². The molecule has 0 bridgehead atoms. The van der Waals surface area contributed by atoms with Gasteiger partial charge in [-0.05, 0) is 64.7 Å². The molecule has 0 amide bonds. The Balaban J connectivity index is 2.24. The molecule has 0 aromatic heterocycles. The van der Waals surface area contributed by atoms with E-state index in [0.717, 1.165) is 18.5 Å². The molecule has 0 spiro atoms. The molecule has 1 rings (SSSR count). The minimum Gasteiger partial charge on any atom is -0.317 e. The van der Waals surface area contributed by atoms with Gasteiger partial charge in [0.05, 0.1) is 0 Å². The lowest BCUT2D eigenvalue weighted by atomic mass is 9.96. The molecular formula is C15H32N2. The van der Waals surface area contributed by atoms with E-state index >= 15 is 0 Å². The van der Waals surface area contributed by atoms with Crippen molar-refractivity contribution in [2.75, 3.05) is 26.2 Å². The summed E-state index contributed by atoms with van der Waals surface area (Å²) in [6, 6.07) is 0.759. The fourth-order valence-corrected chi connectivity index (χ4v) is 3.00. The zero-order valence-corrected chi connectivity index (χ0v) is 12.2. The van der Waals surface area contributed by atoms with Crippen LogP contribution < -0.4 is 5.32 Å². The zero-order valence-electron chi connectivity index (χ0n) is 12.2. The summed E-state index contributed by atoms with van der Waals surface area (Å²) >= 11 is 0. The van der Waals surface area contributed by atoms with Gasteiger partial charge < -0.3 is 10.2 Å². The molecule has 2 atom stereocenters. The van der Waals surface area contributed by atoms with Crippen molar-refractivity contribution < 1.29 is 0 Å². The highest BCUT2D eigenvalue weighted by molar-refractivity contribution is 4.74. The minimum absolute atomic E-state index is 0.759. The van der Waals surface area contributed by atoms with E-state index in [1.807, 2.05) is 0 Å². The van der Waals surface area contributed by atoms with Crippen LogP contribution in [0.3, 0.4) is 0 Å². The summed E-state index contributed by atoms with van der Waals surface area (Å²) in [7, 11) is 0. The molecule has 0 aliphatic carbocycles. The number of nitrogens with zero attached hydrogens (tertiary/aromatic N) is 1. The predicted octanol–water partition coefficient (Wildman–Crippen LogP) is 3.28. The number of rotatable bonds is 7. The summed E-state index contributed by atoms with van der Waals surface area (Å²) in [5.74, 6) is 1.01. The van der Waals surface area contributed by atoms with Crippen LogP contribution in [0.1, 0.15) is 59.3 Å². The van der Waals surface area contributed by atoms with Gasteiger partial charge in [0.15, 0.2) is 0 Å². The molecule has 17 heavy (non-hydrogen) atoms. The Kier molecular flexibility index (Phi) is 7.87. The van der Waals surface area contributed by atoms with E-state index in [0.29, 0.717) is 0 Å². The lowest BCUT2D eigenvalue weighted by molar-refractivity contribution is 0.203. The molecule has 0 radical (unpaired) electrons. The molecule has 2 unspecified atom stereocenters. The average molecular weight is 240 g/mol. The Labute approximate surface area is 108 Å². The molecule has 2 heteroatoms. The fraction of sp³-hybridized carbons (Fsp3) is 1.00. The molecule has 1 fully saturated rings. The zero-order chi connectivity index (χ0) is 12.5. The molecule has 1 saturated heterocycles. The predicted molar refractivity (Wildman–Crippen MR) is 76.4 cm³/mol. The first-order valence-electron chi connectivity index (χ1n) is 7.72. The summed E-state index contributed by atoms with van der Waals surface area (Å²) < 4.78 is 0. The van der Waals surface area contributed by atoms with Crippen LogP contribution in [0.5, 0.6) is 0 Å². The van der Waals surface area contributed by atoms with Crippen molar-refractivity contribution in [2.24, 2.45) is 5.92 Å². The van der Waals surface area contributed by atoms with Crippen molar-refractivity contribution in [1.29, 1.82) is 0 Å². The number of likely N-dealkylation sites (tertiary alicyclic amines) is 1. The van der Waals surface area contributed by atoms with Gasteiger partial charge in [-0.15, -0.1) is 0 Å². The first kappa shape index (κ1) is 15.0. The highest BCUT2D eigenvalue weighted by Crippen LogP contribution is 2.23. The third-order valence-corrected chi connectivity index (χ3v) is 4.19. The van der Waals surface area contributed by atoms with Gasteiger partial charge in [-0.2, -0.15) is 0 Å². The second kappa shape index (κ2) is 8.93. The molecule has 0 saturated carbocycles. The van der Waals surface area contributed by atoms with E-state index in [9.17, 15) is 0 Å². The van der Waals surface area contributed by atoms with Crippen LogP contribution >= 0.6 is 0 Å². The number of nitrogens with one attached hydrogen (secondary N) is 1. The second-order valence-electron chi connectivity index (χ2n) is 5.61. The molecule has 1 aliphatic heterocycles. The van der Waals surface area contributed by atoms with Crippen LogP contribution in [-0.2, 0) is 0 Å². The largest absolute Gasteiger partial charge is 0.317 e. The van der Waals surface area contributed by atoms with E-state index in [1.54, 1.807) is 0 Å². The van der Waals surface area contributed by atoms with Gasteiger partial charge >= 0.3 is 0 Å². The Morgan fingerprint density at radius 3 is 2.76 bits per heavy atom. The summed E-state index contributed by atoms with van der Waals surface area (Å²) in [6.45, 7) is 11.8. The van der Waals surface area contributed by atoms with Gasteiger partial charge in [0.1, 0.15) is 0 Å². The molecule has 2 nitrogen and oxygen atoms in total. The van der Waals surface area contributed by atoms with Crippen molar-refractivity contribution in [3.63, 3.8) is 0 Å². The van der Waals surface area contributed by atoms with Crippen LogP contribution in [0.2, 0.25) is 0 Å². The van der Waals surface area contributed by atoms with Gasteiger partial charge in [0, 0.05) is 6.04 Å². The SMILES string of the molecule is CCCC1CCCN(C(C)CCNCC)CC1. The van der Waals surface area contributed by atoms with E-state index in [2.05, 4.69) is 31.0 Å². The molecule has 0 aromatic carbocycles. The molecule has 1 heterocycles. The molecule has 0 aromatic rings. The minimum atomic E-state index is 0.759. The van der Waals surface area contributed by atoms with Gasteiger partial charge in [0.25, 0.3) is 0 Å². The van der Waals surface area contributed by atoms with Crippen LogP contribution in [-0.4, -0.2) is 37.1 Å². The van der Waals surface area contributed by atoms with Crippen molar-refractivity contribution in [2.45, 2.75) is 65.3 Å². The van der Waals surface area contributed by atoms with Crippen molar-refractivity contribution in [1.82, 2.24) is 10.2 Å². The van der Waals surface area contributed by atoms with Gasteiger partial charge in [-0.3, -0.25) is 0 Å². The monoisotopic (exact) mass is 240 g/mol. The number of hydrogen-bond acceptors (Lipinski definition) is 2. The Hall–Kier alpha value is -0.0800. The quantitative estimate of drug-likeness (QED) is 0.687. The molecule has 1 N–H and O–H groups in total. The standard InChI is InChI=1S/C15H32N2/c1-4-7-15-8-6-12-17(13-10-15)14(3)9-11-16-5-2/h14-16H,4-13H2,1-3H3. The summed E-state index contributed by atoms with van der Waals surface area (Å²) in [5.41, 5.74) is 0. The maximum Gasteiger partial charge on any atom is 0.00790 e. The smallest absolute Gasteiger partial charge is 0.00790 e. The van der Waals surface area contributed by atoms with Crippen LogP contribution in [0.25, 0.3) is 0 Å². The van der Waals surface area contributed by atoms with Crippen molar-refractivity contribution in [3.05, 3.63) is 0 Å². The second-order valence-corrected chi connectivity index (χ2v) is 5.61. The lowest BCUT2D eigenvalue weighted by Gasteiger charge is -2.27. The highest BCUT2D eigenvalue weighted by atomic mass is 15.1. The summed E-state index contributed by atoms with van der Waals surface area (Å²) in [6.07, 6.45) is 8.41. The maximum absolute atomic E-state index is 3.44. The van der Waals surface area contributed by atoms with Crippen molar-refractivity contribution in [3.8, 4) is 0 Å². The van der Waals surface area contributed by atoms with Gasteiger partial charge in [-0.25, -0.2) is 0 Å². The average Bonchev–Trinajstić information content (AvgIpc) is 2.55. The van der Waals surface area contributed by atoms with E-state index in [-0.39, 0.29) is 0 Å². The first-order chi connectivity index (χ1) is 8.27. The number of hydrogen-bond donors (Lipinski definition) is 1. The first-order valence-corrected chi connectivity index (χ1v) is 7.72. The topological polar surface area (TPSA) is 15.3 Å². The van der Waals surface area contributed by atoms with Crippen LogP contribution in [0.4, 0.5) is 0 Å². The van der Waals surface area contributed by atoms with E-state index in [4.69, 9.17) is 0 Å². The highest BCUT2D eigenvalue weighted by Gasteiger charge is 2.19. The summed E-state index contributed by atoms with van der Waals surface area (Å²) in [4.78, 5) is 2.72. The normalized spacial score (nSPS) is 24.5. The lowest BCUT2D eigenvalue weighted by Crippen LogP contribution is -2.36.